The summed E-state index contributed by atoms with van der Waals surface area (Å²) < 4.78 is 13.0. The molecule has 1 saturated heterocycles. The molecule has 1 aromatic rings. The molecule has 146 valence electrons. The van der Waals surface area contributed by atoms with Gasteiger partial charge in [-0.25, -0.2) is 0 Å². The van der Waals surface area contributed by atoms with Crippen molar-refractivity contribution in [2.75, 3.05) is 0 Å². The molecule has 1 aliphatic heterocycles. The molecule has 1 aliphatic rings. The first-order chi connectivity index (χ1) is 12.2. The molecule has 1 amide bonds. The summed E-state index contributed by atoms with van der Waals surface area (Å²) in [6.45, 7) is 15.7. The van der Waals surface area contributed by atoms with Crippen LogP contribution in [0.4, 0.5) is 0 Å². The molecule has 5 heteroatoms. The highest BCUT2D eigenvalue weighted by Crippen LogP contribution is 2.43. The molecule has 0 aliphatic carbocycles. The summed E-state index contributed by atoms with van der Waals surface area (Å²) in [6, 6.07) is 9.97. The van der Waals surface area contributed by atoms with Crippen molar-refractivity contribution in [1.82, 2.24) is 5.32 Å². The summed E-state index contributed by atoms with van der Waals surface area (Å²) in [5.74, 6) is 0.0245. The van der Waals surface area contributed by atoms with Crippen LogP contribution in [0, 0.1) is 0 Å². The fourth-order valence-corrected chi connectivity index (χ4v) is 10.1. The Hall–Kier alpha value is -1.17. The average molecular weight is 378 g/mol. The molecule has 4 nitrogen and oxygen atoms in total. The van der Waals surface area contributed by atoms with Crippen molar-refractivity contribution in [3.05, 3.63) is 35.9 Å². The lowest BCUT2D eigenvalue weighted by Crippen LogP contribution is -2.56. The van der Waals surface area contributed by atoms with Gasteiger partial charge in [-0.15, -0.1) is 0 Å². The minimum absolute atomic E-state index is 0.0245. The van der Waals surface area contributed by atoms with Gasteiger partial charge in [-0.2, -0.15) is 0 Å². The summed E-state index contributed by atoms with van der Waals surface area (Å²) in [6.07, 6.45) is -0.447. The van der Waals surface area contributed by atoms with Gasteiger partial charge in [-0.1, -0.05) is 71.9 Å². The zero-order valence-electron chi connectivity index (χ0n) is 17.3. The highest BCUT2D eigenvalue weighted by molar-refractivity contribution is 6.77. The van der Waals surface area contributed by atoms with E-state index >= 15 is 0 Å². The maximum absolute atomic E-state index is 12.3. The number of benzene rings is 1. The largest absolute Gasteiger partial charge is 0.409 e. The molecule has 0 aromatic heterocycles. The minimum Gasteiger partial charge on any atom is -0.409 e. The van der Waals surface area contributed by atoms with Gasteiger partial charge in [-0.3, -0.25) is 4.79 Å². The van der Waals surface area contributed by atoms with Crippen LogP contribution in [0.5, 0.6) is 0 Å². The normalized spacial score (nSPS) is 22.8. The molecule has 0 radical (unpaired) electrons. The fraction of sp³-hybridized carbons (Fsp3) is 0.667. The summed E-state index contributed by atoms with van der Waals surface area (Å²) in [5.41, 5.74) is 2.53. The zero-order chi connectivity index (χ0) is 19.5. The van der Waals surface area contributed by atoms with E-state index in [0.29, 0.717) is 23.0 Å². The molecule has 1 aromatic carbocycles. The van der Waals surface area contributed by atoms with E-state index in [1.54, 1.807) is 0 Å². The molecule has 3 atom stereocenters. The van der Waals surface area contributed by atoms with E-state index in [2.05, 4.69) is 46.9 Å². The van der Waals surface area contributed by atoms with E-state index in [4.69, 9.17) is 9.16 Å². The van der Waals surface area contributed by atoms with Crippen molar-refractivity contribution >= 4 is 14.2 Å². The quantitative estimate of drug-likeness (QED) is 0.667. The van der Waals surface area contributed by atoms with Crippen molar-refractivity contribution in [2.24, 2.45) is 0 Å². The Balaban J connectivity index is 2.19. The van der Waals surface area contributed by atoms with Crippen LogP contribution in [-0.4, -0.2) is 26.6 Å². The van der Waals surface area contributed by atoms with Crippen molar-refractivity contribution in [3.8, 4) is 0 Å². The Morgan fingerprint density at radius 2 is 1.54 bits per heavy atom. The number of amides is 1. The van der Waals surface area contributed by atoms with Crippen molar-refractivity contribution in [3.63, 3.8) is 0 Å². The lowest BCUT2D eigenvalue weighted by molar-refractivity contribution is -0.152. The minimum atomic E-state index is -2.03. The standard InChI is InChI=1S/C21H35NO3Si/c1-14(2)26(15(3)4,16(5)6)25-17(7)21-22-20(23)13-19(24-21)18-11-9-8-10-12-18/h8-12,14-17,19,21H,13H2,1-7H3,(H,22,23)/t17-,19+,21-/m0/s1. The van der Waals surface area contributed by atoms with Crippen LogP contribution in [-0.2, 0) is 14.0 Å². The van der Waals surface area contributed by atoms with Crippen molar-refractivity contribution < 1.29 is 14.0 Å². The number of hydrogen-bond acceptors (Lipinski definition) is 3. The number of ether oxygens (including phenoxy) is 1. The van der Waals surface area contributed by atoms with Gasteiger partial charge in [0.2, 0.25) is 14.2 Å². The second-order valence-corrected chi connectivity index (χ2v) is 13.8. The third-order valence-electron chi connectivity index (χ3n) is 5.68. The number of carbonyl (C=O) groups excluding carboxylic acids is 1. The monoisotopic (exact) mass is 377 g/mol. The predicted octanol–water partition coefficient (Wildman–Crippen LogP) is 5.17. The van der Waals surface area contributed by atoms with Crippen molar-refractivity contribution in [1.29, 1.82) is 0 Å². The predicted molar refractivity (Wildman–Crippen MR) is 108 cm³/mol. The maximum atomic E-state index is 12.3. The molecule has 2 rings (SSSR count). The second-order valence-electron chi connectivity index (χ2n) is 8.37. The topological polar surface area (TPSA) is 47.6 Å². The Morgan fingerprint density at radius 1 is 1.00 bits per heavy atom. The Kier molecular flexibility index (Phi) is 7.05. The molecule has 1 N–H and O–H groups in total. The first-order valence-electron chi connectivity index (χ1n) is 9.86. The summed E-state index contributed by atoms with van der Waals surface area (Å²) in [4.78, 5) is 12.3. The summed E-state index contributed by atoms with van der Waals surface area (Å²) >= 11 is 0. The van der Waals surface area contributed by atoms with Gasteiger partial charge in [-0.05, 0) is 29.1 Å². The number of hydrogen-bond donors (Lipinski definition) is 1. The average Bonchev–Trinajstić information content (AvgIpc) is 2.58. The molecular weight excluding hydrogens is 342 g/mol. The third-order valence-corrected chi connectivity index (χ3v) is 11.9. The molecule has 26 heavy (non-hydrogen) atoms. The maximum Gasteiger partial charge on any atom is 0.225 e. The van der Waals surface area contributed by atoms with Crippen molar-refractivity contribution in [2.45, 2.75) is 89.9 Å². The van der Waals surface area contributed by atoms with Gasteiger partial charge in [0.05, 0.1) is 18.6 Å². The van der Waals surface area contributed by atoms with E-state index in [-0.39, 0.29) is 18.1 Å². The van der Waals surface area contributed by atoms with E-state index in [1.165, 1.54) is 0 Å². The highest BCUT2D eigenvalue weighted by atomic mass is 28.4. The van der Waals surface area contributed by atoms with Gasteiger partial charge in [0.15, 0.2) is 6.23 Å². The van der Waals surface area contributed by atoms with E-state index < -0.39 is 14.5 Å². The Morgan fingerprint density at radius 3 is 2.04 bits per heavy atom. The molecule has 0 saturated carbocycles. The van der Waals surface area contributed by atoms with Crippen LogP contribution in [0.2, 0.25) is 16.6 Å². The summed E-state index contributed by atoms with van der Waals surface area (Å²) in [7, 11) is -2.03. The molecule has 0 unspecified atom stereocenters. The smallest absolute Gasteiger partial charge is 0.225 e. The fourth-order valence-electron chi connectivity index (χ4n) is 4.53. The number of nitrogens with one attached hydrogen (secondary N) is 1. The van der Waals surface area contributed by atoms with Crippen LogP contribution in [0.3, 0.4) is 0 Å². The highest BCUT2D eigenvalue weighted by Gasteiger charge is 2.47. The van der Waals surface area contributed by atoms with Gasteiger partial charge in [0.1, 0.15) is 0 Å². The molecule has 1 heterocycles. The SMILES string of the molecule is CC(C)[Si](O[C@@H](C)[C@H]1NC(=O)C[C@H](c2ccccc2)O1)(C(C)C)C(C)C. The number of carbonyl (C=O) groups is 1. The van der Waals surface area contributed by atoms with Crippen LogP contribution in [0.15, 0.2) is 30.3 Å². The van der Waals surface area contributed by atoms with Crippen LogP contribution >= 0.6 is 0 Å². The molecule has 0 bridgehead atoms. The van der Waals surface area contributed by atoms with Crippen LogP contribution in [0.25, 0.3) is 0 Å². The van der Waals surface area contributed by atoms with E-state index in [0.717, 1.165) is 5.56 Å². The van der Waals surface area contributed by atoms with Gasteiger partial charge >= 0.3 is 0 Å². The first kappa shape index (κ1) is 21.1. The van der Waals surface area contributed by atoms with Gasteiger partial charge in [0.25, 0.3) is 0 Å². The van der Waals surface area contributed by atoms with Gasteiger partial charge < -0.3 is 14.5 Å². The van der Waals surface area contributed by atoms with Crippen LogP contribution < -0.4 is 5.32 Å². The molecule has 1 fully saturated rings. The van der Waals surface area contributed by atoms with E-state index in [1.807, 2.05) is 37.3 Å². The van der Waals surface area contributed by atoms with E-state index in [9.17, 15) is 4.79 Å². The lowest BCUT2D eigenvalue weighted by Gasteiger charge is -2.46. The number of rotatable bonds is 7. The second kappa shape index (κ2) is 8.68. The van der Waals surface area contributed by atoms with Crippen LogP contribution in [0.1, 0.15) is 66.6 Å². The lowest BCUT2D eigenvalue weighted by atomic mass is 10.0. The Bertz CT molecular complexity index is 566. The molecular formula is C21H35NO3Si. The summed E-state index contributed by atoms with van der Waals surface area (Å²) in [5, 5.41) is 2.99. The Labute approximate surface area is 159 Å². The third kappa shape index (κ3) is 4.38. The zero-order valence-corrected chi connectivity index (χ0v) is 18.3. The van der Waals surface area contributed by atoms with Gasteiger partial charge in [0, 0.05) is 0 Å². The molecule has 0 spiro atoms. The first-order valence-corrected chi connectivity index (χ1v) is 12.0.